The number of thioether (sulfide) groups is 1. The van der Waals surface area contributed by atoms with Crippen LogP contribution in [0, 0.1) is 0 Å². The van der Waals surface area contributed by atoms with Crippen LogP contribution >= 0.6 is 23.4 Å². The van der Waals surface area contributed by atoms with E-state index in [9.17, 15) is 14.4 Å². The Morgan fingerprint density at radius 3 is 2.32 bits per heavy atom. The number of carbonyl (C=O) groups excluding carboxylic acids is 3. The number of nitrogens with zero attached hydrogens (tertiary/aromatic N) is 2. The van der Waals surface area contributed by atoms with Crippen LogP contribution in [-0.2, 0) is 9.59 Å². The minimum atomic E-state index is -0.425. The van der Waals surface area contributed by atoms with E-state index >= 15 is 0 Å². The number of carbonyl (C=O) groups is 3. The van der Waals surface area contributed by atoms with Gasteiger partial charge < -0.3 is 4.90 Å². The molecule has 25 heavy (non-hydrogen) atoms. The lowest BCUT2D eigenvalue weighted by Gasteiger charge is -2.23. The molecule has 1 saturated heterocycles. The summed E-state index contributed by atoms with van der Waals surface area (Å²) in [5, 5.41) is 0.189. The maximum atomic E-state index is 12.5. The van der Waals surface area contributed by atoms with Gasteiger partial charge >= 0.3 is 0 Å². The monoisotopic (exact) mass is 380 g/mol. The molecule has 0 N–H and O–H groups in total. The molecule has 1 heterocycles. The zero-order chi connectivity index (χ0) is 18.4. The molecule has 2 rings (SSSR count). The van der Waals surface area contributed by atoms with Crippen molar-refractivity contribution < 1.29 is 14.4 Å². The van der Waals surface area contributed by atoms with E-state index in [4.69, 9.17) is 11.6 Å². The van der Waals surface area contributed by atoms with Crippen molar-refractivity contribution in [2.75, 3.05) is 19.6 Å². The van der Waals surface area contributed by atoms with Gasteiger partial charge in [0.1, 0.15) is 6.54 Å². The largest absolute Gasteiger partial charge is 0.341 e. The summed E-state index contributed by atoms with van der Waals surface area (Å²) in [6.07, 6.45) is 3.32. The zero-order valence-corrected chi connectivity index (χ0v) is 15.9. The molecule has 0 atom stereocenters. The summed E-state index contributed by atoms with van der Waals surface area (Å²) >= 11 is 6.70. The summed E-state index contributed by atoms with van der Waals surface area (Å²) in [4.78, 5) is 40.1. The Balaban J connectivity index is 2.10. The molecule has 0 radical (unpaired) electrons. The average Bonchev–Trinajstić information content (AvgIpc) is 2.84. The van der Waals surface area contributed by atoms with Gasteiger partial charge in [-0.05, 0) is 48.4 Å². The summed E-state index contributed by atoms with van der Waals surface area (Å²) in [6, 6.07) is 6.97. The number of hydrogen-bond donors (Lipinski definition) is 0. The quantitative estimate of drug-likeness (QED) is 0.670. The molecule has 0 aromatic heterocycles. The number of hydrogen-bond acceptors (Lipinski definition) is 4. The zero-order valence-electron chi connectivity index (χ0n) is 14.3. The highest BCUT2D eigenvalue weighted by Gasteiger charge is 2.36. The molecule has 1 aromatic carbocycles. The van der Waals surface area contributed by atoms with Crippen molar-refractivity contribution in [1.82, 2.24) is 9.80 Å². The molecule has 5 nitrogen and oxygen atoms in total. The van der Waals surface area contributed by atoms with Crippen molar-refractivity contribution in [2.24, 2.45) is 0 Å². The van der Waals surface area contributed by atoms with E-state index in [1.807, 2.05) is 13.8 Å². The molecule has 7 heteroatoms. The minimum absolute atomic E-state index is 0.196. The molecule has 3 amide bonds. The van der Waals surface area contributed by atoms with E-state index < -0.39 is 11.1 Å². The Hall–Kier alpha value is -1.79. The van der Waals surface area contributed by atoms with E-state index in [1.165, 1.54) is 0 Å². The topological polar surface area (TPSA) is 57.7 Å². The normalized spacial score (nSPS) is 16.0. The first-order valence-corrected chi connectivity index (χ1v) is 9.44. The van der Waals surface area contributed by atoms with Crippen molar-refractivity contribution >= 4 is 46.5 Å². The van der Waals surface area contributed by atoms with Crippen molar-refractivity contribution in [2.45, 2.75) is 26.7 Å². The van der Waals surface area contributed by atoms with E-state index in [0.717, 1.165) is 35.1 Å². The molecule has 0 saturated carbocycles. The highest BCUT2D eigenvalue weighted by atomic mass is 35.5. The SMILES string of the molecule is CCCN(CCC)C(=O)CN1C(=O)S/C(=C\c2ccc(Cl)cc2)C1=O. The molecule has 1 fully saturated rings. The second kappa shape index (κ2) is 9.06. The predicted molar refractivity (Wildman–Crippen MR) is 101 cm³/mol. The minimum Gasteiger partial charge on any atom is -0.341 e. The maximum Gasteiger partial charge on any atom is 0.294 e. The molecule has 0 unspecified atom stereocenters. The van der Waals surface area contributed by atoms with E-state index in [0.29, 0.717) is 23.0 Å². The van der Waals surface area contributed by atoms with Gasteiger partial charge in [-0.25, -0.2) is 0 Å². The summed E-state index contributed by atoms with van der Waals surface area (Å²) in [5.41, 5.74) is 0.778. The lowest BCUT2D eigenvalue weighted by atomic mass is 10.2. The maximum absolute atomic E-state index is 12.5. The van der Waals surface area contributed by atoms with Gasteiger partial charge in [-0.2, -0.15) is 0 Å². The first-order valence-electron chi connectivity index (χ1n) is 8.25. The van der Waals surface area contributed by atoms with Crippen LogP contribution in [-0.4, -0.2) is 46.5 Å². The lowest BCUT2D eigenvalue weighted by molar-refractivity contribution is -0.135. The molecule has 0 aliphatic carbocycles. The van der Waals surface area contributed by atoms with Crippen LogP contribution in [0.3, 0.4) is 0 Å². The summed E-state index contributed by atoms with van der Waals surface area (Å²) in [6.45, 7) is 5.03. The molecule has 134 valence electrons. The Bertz CT molecular complexity index is 682. The third-order valence-electron chi connectivity index (χ3n) is 3.67. The second-order valence-electron chi connectivity index (χ2n) is 5.70. The van der Waals surface area contributed by atoms with Gasteiger partial charge in [0.25, 0.3) is 11.1 Å². The highest BCUT2D eigenvalue weighted by molar-refractivity contribution is 8.18. The van der Waals surface area contributed by atoms with Crippen molar-refractivity contribution in [3.8, 4) is 0 Å². The number of rotatable bonds is 7. The summed E-state index contributed by atoms with van der Waals surface area (Å²) in [5.74, 6) is -0.620. The number of amides is 3. The Labute approximate surface area is 157 Å². The van der Waals surface area contributed by atoms with Crippen LogP contribution in [0.1, 0.15) is 32.3 Å². The number of imide groups is 1. The molecular weight excluding hydrogens is 360 g/mol. The van der Waals surface area contributed by atoms with Gasteiger partial charge in [0.2, 0.25) is 5.91 Å². The van der Waals surface area contributed by atoms with Gasteiger partial charge in [0, 0.05) is 18.1 Å². The number of benzene rings is 1. The Morgan fingerprint density at radius 1 is 1.16 bits per heavy atom. The van der Waals surface area contributed by atoms with Crippen molar-refractivity contribution in [3.05, 3.63) is 39.8 Å². The van der Waals surface area contributed by atoms with Crippen LogP contribution in [0.15, 0.2) is 29.2 Å². The van der Waals surface area contributed by atoms with Crippen LogP contribution in [0.5, 0.6) is 0 Å². The van der Waals surface area contributed by atoms with Gasteiger partial charge in [0.05, 0.1) is 4.91 Å². The van der Waals surface area contributed by atoms with E-state index in [2.05, 4.69) is 0 Å². The third-order valence-corrected chi connectivity index (χ3v) is 4.83. The van der Waals surface area contributed by atoms with Crippen LogP contribution in [0.25, 0.3) is 6.08 Å². The predicted octanol–water partition coefficient (Wildman–Crippen LogP) is 4.02. The summed E-state index contributed by atoms with van der Waals surface area (Å²) in [7, 11) is 0. The standard InChI is InChI=1S/C18H21ClN2O3S/c1-3-9-20(10-4-2)16(22)12-21-17(23)15(25-18(21)24)11-13-5-7-14(19)8-6-13/h5-8,11H,3-4,9-10,12H2,1-2H3/b15-11-. The molecule has 1 aliphatic rings. The second-order valence-corrected chi connectivity index (χ2v) is 7.13. The van der Waals surface area contributed by atoms with Crippen molar-refractivity contribution in [3.63, 3.8) is 0 Å². The fourth-order valence-electron chi connectivity index (χ4n) is 2.48. The van der Waals surface area contributed by atoms with E-state index in [-0.39, 0.29) is 12.5 Å². The Kier molecular flexibility index (Phi) is 7.08. The van der Waals surface area contributed by atoms with Crippen molar-refractivity contribution in [1.29, 1.82) is 0 Å². The molecule has 0 spiro atoms. The number of halogens is 1. The van der Waals surface area contributed by atoms with Gasteiger partial charge in [-0.15, -0.1) is 0 Å². The Morgan fingerprint density at radius 2 is 1.76 bits per heavy atom. The van der Waals surface area contributed by atoms with Gasteiger partial charge in [-0.1, -0.05) is 37.6 Å². The first kappa shape index (κ1) is 19.5. The summed E-state index contributed by atoms with van der Waals surface area (Å²) < 4.78 is 0. The van der Waals surface area contributed by atoms with Crippen LogP contribution < -0.4 is 0 Å². The van der Waals surface area contributed by atoms with Gasteiger partial charge in [-0.3, -0.25) is 19.3 Å². The highest BCUT2D eigenvalue weighted by Crippen LogP contribution is 2.32. The fourth-order valence-corrected chi connectivity index (χ4v) is 3.45. The van der Waals surface area contributed by atoms with Gasteiger partial charge in [0.15, 0.2) is 0 Å². The molecule has 1 aromatic rings. The van der Waals surface area contributed by atoms with E-state index in [1.54, 1.807) is 35.2 Å². The fraction of sp³-hybridized carbons (Fsp3) is 0.389. The third kappa shape index (κ3) is 5.09. The molecular formula is C18H21ClN2O3S. The molecule has 1 aliphatic heterocycles. The smallest absolute Gasteiger partial charge is 0.294 e. The van der Waals surface area contributed by atoms with Crippen LogP contribution in [0.4, 0.5) is 4.79 Å². The first-order chi connectivity index (χ1) is 12.0. The average molecular weight is 381 g/mol. The lowest BCUT2D eigenvalue weighted by Crippen LogP contribution is -2.42. The van der Waals surface area contributed by atoms with Crippen LogP contribution in [0.2, 0.25) is 5.02 Å². The molecule has 0 bridgehead atoms.